The summed E-state index contributed by atoms with van der Waals surface area (Å²) in [7, 11) is 1.64. The van der Waals surface area contributed by atoms with Gasteiger partial charge in [0.25, 0.3) is 0 Å². The van der Waals surface area contributed by atoms with Gasteiger partial charge in [0.15, 0.2) is 5.96 Å². The zero-order chi connectivity index (χ0) is 16.2. The second-order valence-corrected chi connectivity index (χ2v) is 6.18. The van der Waals surface area contributed by atoms with E-state index in [4.69, 9.17) is 22.1 Å². The first-order valence-corrected chi connectivity index (χ1v) is 8.01. The SMILES string of the molecule is COc1cccc(NC(N)=NC2CC(c3cccc(Cl)c3)C2)c1. The van der Waals surface area contributed by atoms with Crippen molar-refractivity contribution in [1.29, 1.82) is 0 Å². The van der Waals surface area contributed by atoms with Crippen LogP contribution in [0.25, 0.3) is 0 Å². The van der Waals surface area contributed by atoms with E-state index in [0.717, 1.165) is 29.3 Å². The Labute approximate surface area is 141 Å². The highest BCUT2D eigenvalue weighted by atomic mass is 35.5. The Morgan fingerprint density at radius 1 is 1.22 bits per heavy atom. The molecule has 3 rings (SSSR count). The minimum absolute atomic E-state index is 0.261. The zero-order valence-corrected chi connectivity index (χ0v) is 13.8. The van der Waals surface area contributed by atoms with E-state index in [-0.39, 0.29) is 6.04 Å². The van der Waals surface area contributed by atoms with Crippen molar-refractivity contribution >= 4 is 23.2 Å². The van der Waals surface area contributed by atoms with Crippen molar-refractivity contribution in [3.05, 3.63) is 59.1 Å². The molecule has 4 nitrogen and oxygen atoms in total. The topological polar surface area (TPSA) is 59.6 Å². The van der Waals surface area contributed by atoms with Gasteiger partial charge in [-0.15, -0.1) is 0 Å². The van der Waals surface area contributed by atoms with Crippen LogP contribution in [0.1, 0.15) is 24.3 Å². The van der Waals surface area contributed by atoms with E-state index in [1.807, 2.05) is 42.5 Å². The number of ether oxygens (including phenoxy) is 1. The van der Waals surface area contributed by atoms with Crippen LogP contribution in [0.4, 0.5) is 5.69 Å². The van der Waals surface area contributed by atoms with E-state index in [1.54, 1.807) is 7.11 Å². The fraction of sp³-hybridized carbons (Fsp3) is 0.278. The third-order valence-corrected chi connectivity index (χ3v) is 4.33. The summed E-state index contributed by atoms with van der Waals surface area (Å²) in [5.74, 6) is 1.74. The lowest BCUT2D eigenvalue weighted by Crippen LogP contribution is -2.31. The largest absolute Gasteiger partial charge is 0.497 e. The van der Waals surface area contributed by atoms with Crippen LogP contribution in [-0.2, 0) is 0 Å². The highest BCUT2D eigenvalue weighted by Crippen LogP contribution is 2.39. The lowest BCUT2D eigenvalue weighted by Gasteiger charge is -2.33. The van der Waals surface area contributed by atoms with Crippen molar-refractivity contribution < 1.29 is 4.74 Å². The Balaban J connectivity index is 1.56. The van der Waals surface area contributed by atoms with E-state index < -0.39 is 0 Å². The molecule has 23 heavy (non-hydrogen) atoms. The molecule has 0 aliphatic heterocycles. The van der Waals surface area contributed by atoms with Gasteiger partial charge in [-0.1, -0.05) is 29.8 Å². The average molecular weight is 330 g/mol. The number of benzene rings is 2. The van der Waals surface area contributed by atoms with Crippen LogP contribution in [0.15, 0.2) is 53.5 Å². The summed E-state index contributed by atoms with van der Waals surface area (Å²) in [5, 5.41) is 3.89. The van der Waals surface area contributed by atoms with E-state index in [0.29, 0.717) is 11.9 Å². The number of hydrogen-bond acceptors (Lipinski definition) is 2. The number of hydrogen-bond donors (Lipinski definition) is 2. The molecule has 2 aromatic carbocycles. The van der Waals surface area contributed by atoms with Crippen LogP contribution in [0.5, 0.6) is 5.75 Å². The van der Waals surface area contributed by atoms with Crippen LogP contribution in [0.2, 0.25) is 5.02 Å². The highest BCUT2D eigenvalue weighted by molar-refractivity contribution is 6.30. The van der Waals surface area contributed by atoms with Gasteiger partial charge in [-0.25, -0.2) is 4.99 Å². The Bertz CT molecular complexity index is 711. The molecule has 0 spiro atoms. The second-order valence-electron chi connectivity index (χ2n) is 5.75. The first-order chi connectivity index (χ1) is 11.1. The van der Waals surface area contributed by atoms with Crippen molar-refractivity contribution in [2.45, 2.75) is 24.8 Å². The maximum absolute atomic E-state index is 6.04. The molecule has 120 valence electrons. The van der Waals surface area contributed by atoms with E-state index in [1.165, 1.54) is 5.56 Å². The number of halogens is 1. The predicted octanol–water partition coefficient (Wildman–Crippen LogP) is 4.02. The van der Waals surface area contributed by atoms with Crippen molar-refractivity contribution in [2.75, 3.05) is 12.4 Å². The van der Waals surface area contributed by atoms with Gasteiger partial charge in [0.2, 0.25) is 0 Å². The molecule has 0 unspecified atom stereocenters. The summed E-state index contributed by atoms with van der Waals surface area (Å²) in [6.45, 7) is 0. The molecule has 0 saturated heterocycles. The number of nitrogens with two attached hydrogens (primary N) is 1. The second kappa shape index (κ2) is 6.92. The number of nitrogens with zero attached hydrogens (tertiary/aromatic N) is 1. The van der Waals surface area contributed by atoms with Gasteiger partial charge in [-0.05, 0) is 48.6 Å². The van der Waals surface area contributed by atoms with Gasteiger partial charge in [-0.2, -0.15) is 0 Å². The molecule has 2 aromatic rings. The number of guanidine groups is 1. The number of methoxy groups -OCH3 is 1. The third-order valence-electron chi connectivity index (χ3n) is 4.10. The van der Waals surface area contributed by atoms with E-state index in [9.17, 15) is 0 Å². The summed E-state index contributed by atoms with van der Waals surface area (Å²) >= 11 is 6.04. The molecule has 3 N–H and O–H groups in total. The van der Waals surface area contributed by atoms with Gasteiger partial charge in [0.1, 0.15) is 5.75 Å². The van der Waals surface area contributed by atoms with E-state index in [2.05, 4.69) is 16.4 Å². The number of aliphatic imine (C=N–C) groups is 1. The molecule has 0 radical (unpaired) electrons. The fourth-order valence-electron chi connectivity index (χ4n) is 2.80. The van der Waals surface area contributed by atoms with Crippen LogP contribution in [0.3, 0.4) is 0 Å². The highest BCUT2D eigenvalue weighted by Gasteiger charge is 2.30. The van der Waals surface area contributed by atoms with Gasteiger partial charge in [0, 0.05) is 16.8 Å². The molecule has 0 heterocycles. The quantitative estimate of drug-likeness (QED) is 0.658. The summed E-state index contributed by atoms with van der Waals surface area (Å²) < 4.78 is 5.19. The summed E-state index contributed by atoms with van der Waals surface area (Å²) in [5.41, 5.74) is 8.15. The third kappa shape index (κ3) is 3.96. The van der Waals surface area contributed by atoms with E-state index >= 15 is 0 Å². The summed E-state index contributed by atoms with van der Waals surface area (Å²) in [6.07, 6.45) is 2.00. The Kier molecular flexibility index (Phi) is 4.72. The zero-order valence-electron chi connectivity index (χ0n) is 13.0. The molecule has 1 saturated carbocycles. The monoisotopic (exact) mass is 329 g/mol. The lowest BCUT2D eigenvalue weighted by atomic mass is 9.76. The Morgan fingerprint density at radius 3 is 2.74 bits per heavy atom. The minimum Gasteiger partial charge on any atom is -0.497 e. The molecule has 0 bridgehead atoms. The van der Waals surface area contributed by atoms with Crippen molar-refractivity contribution in [2.24, 2.45) is 10.7 Å². The Morgan fingerprint density at radius 2 is 2.00 bits per heavy atom. The maximum Gasteiger partial charge on any atom is 0.193 e. The molecular formula is C18H20ClN3O. The molecule has 1 aliphatic rings. The van der Waals surface area contributed by atoms with Crippen molar-refractivity contribution in [3.63, 3.8) is 0 Å². The van der Waals surface area contributed by atoms with Crippen molar-refractivity contribution in [1.82, 2.24) is 0 Å². The molecule has 5 heteroatoms. The first-order valence-electron chi connectivity index (χ1n) is 7.64. The fourth-order valence-corrected chi connectivity index (χ4v) is 3.00. The van der Waals surface area contributed by atoms with Gasteiger partial charge < -0.3 is 15.8 Å². The lowest BCUT2D eigenvalue weighted by molar-refractivity contribution is 0.353. The standard InChI is InChI=1S/C18H20ClN3O/c1-23-17-7-3-6-15(11-17)21-18(20)22-16-9-13(10-16)12-4-2-5-14(19)8-12/h2-8,11,13,16H,9-10H2,1H3,(H3,20,21,22). The molecule has 1 aliphatic carbocycles. The van der Waals surface area contributed by atoms with Gasteiger partial charge in [0.05, 0.1) is 13.2 Å². The minimum atomic E-state index is 0.261. The smallest absolute Gasteiger partial charge is 0.193 e. The van der Waals surface area contributed by atoms with Crippen molar-refractivity contribution in [3.8, 4) is 5.75 Å². The van der Waals surface area contributed by atoms with Crippen LogP contribution in [-0.4, -0.2) is 19.1 Å². The van der Waals surface area contributed by atoms with Crippen LogP contribution >= 0.6 is 11.6 Å². The molecule has 0 amide bonds. The molecule has 1 fully saturated rings. The van der Waals surface area contributed by atoms with Crippen LogP contribution in [0, 0.1) is 0 Å². The maximum atomic E-state index is 6.04. The molecular weight excluding hydrogens is 310 g/mol. The van der Waals surface area contributed by atoms with Gasteiger partial charge >= 0.3 is 0 Å². The normalized spacial score (nSPS) is 20.7. The molecule has 0 atom stereocenters. The predicted molar refractivity (Wildman–Crippen MR) is 95.5 cm³/mol. The van der Waals surface area contributed by atoms with Gasteiger partial charge in [-0.3, -0.25) is 0 Å². The van der Waals surface area contributed by atoms with Crippen LogP contribution < -0.4 is 15.8 Å². The number of nitrogens with one attached hydrogen (secondary N) is 1. The molecule has 0 aromatic heterocycles. The number of anilines is 1. The Hall–Kier alpha value is -2.20. The first kappa shape index (κ1) is 15.7. The summed E-state index contributed by atoms with van der Waals surface area (Å²) in [4.78, 5) is 4.54. The number of rotatable bonds is 4. The summed E-state index contributed by atoms with van der Waals surface area (Å²) in [6, 6.07) is 15.9. The average Bonchev–Trinajstić information content (AvgIpc) is 2.50.